The molecule has 3 amide bonds. The first kappa shape index (κ1) is 25.8. The first-order valence-corrected chi connectivity index (χ1v) is 13.8. The van der Waals surface area contributed by atoms with Crippen LogP contribution in [-0.2, 0) is 20.9 Å². The van der Waals surface area contributed by atoms with Crippen molar-refractivity contribution in [3.05, 3.63) is 71.8 Å². The third-order valence-electron chi connectivity index (χ3n) is 7.79. The molecule has 7 nitrogen and oxygen atoms in total. The van der Waals surface area contributed by atoms with Crippen molar-refractivity contribution in [3.8, 4) is 0 Å². The van der Waals surface area contributed by atoms with Gasteiger partial charge in [-0.1, -0.05) is 60.7 Å². The van der Waals surface area contributed by atoms with Gasteiger partial charge in [0.15, 0.2) is 0 Å². The standard InChI is InChI=1S/C29H35N3O4S/c1-28(2,3)31-26(35)24-29-15-14-21(37-29)22(25(34)30-16-18-10-6-4-7-11-18)23(29)27(36)32(24)20(17-33)19-12-8-5-9-13-19/h4-13,20-24,33H,14-17H2,1-3H3,(H,30,34)(H,31,35)/t20-,21+,22-,23+,24?,29?/m1/s1. The predicted molar refractivity (Wildman–Crippen MR) is 143 cm³/mol. The van der Waals surface area contributed by atoms with Crippen LogP contribution in [0.2, 0.25) is 0 Å². The minimum Gasteiger partial charge on any atom is -0.394 e. The predicted octanol–water partition coefficient (Wildman–Crippen LogP) is 3.04. The van der Waals surface area contributed by atoms with Gasteiger partial charge in [0, 0.05) is 17.3 Å². The van der Waals surface area contributed by atoms with Crippen LogP contribution >= 0.6 is 11.8 Å². The highest BCUT2D eigenvalue weighted by Crippen LogP contribution is 2.67. The van der Waals surface area contributed by atoms with Crippen molar-refractivity contribution < 1.29 is 19.5 Å². The summed E-state index contributed by atoms with van der Waals surface area (Å²) >= 11 is 1.63. The fourth-order valence-electron chi connectivity index (χ4n) is 6.40. The molecular formula is C29H35N3O4S. The molecule has 2 bridgehead atoms. The molecule has 2 aromatic carbocycles. The Labute approximate surface area is 222 Å². The van der Waals surface area contributed by atoms with E-state index < -0.39 is 34.2 Å². The molecule has 3 saturated heterocycles. The highest BCUT2D eigenvalue weighted by Gasteiger charge is 2.74. The van der Waals surface area contributed by atoms with E-state index >= 15 is 0 Å². The topological polar surface area (TPSA) is 98.7 Å². The van der Waals surface area contributed by atoms with Gasteiger partial charge in [0.1, 0.15) is 6.04 Å². The Kier molecular flexibility index (Phi) is 6.83. The number of hydrogen-bond donors (Lipinski definition) is 3. The maximum Gasteiger partial charge on any atom is 0.244 e. The molecule has 196 valence electrons. The van der Waals surface area contributed by atoms with Crippen LogP contribution in [0.15, 0.2) is 60.7 Å². The third-order valence-corrected chi connectivity index (χ3v) is 9.74. The molecule has 2 aromatic rings. The summed E-state index contributed by atoms with van der Waals surface area (Å²) in [5.41, 5.74) is 1.27. The number of aliphatic hydroxyl groups excluding tert-OH is 1. The number of likely N-dealkylation sites (tertiary alicyclic amines) is 1. The minimum absolute atomic E-state index is 0.0129. The lowest BCUT2D eigenvalue weighted by Gasteiger charge is -2.38. The smallest absolute Gasteiger partial charge is 0.244 e. The Balaban J connectivity index is 1.51. The highest BCUT2D eigenvalue weighted by atomic mass is 32.2. The fourth-order valence-corrected chi connectivity index (χ4v) is 8.60. The van der Waals surface area contributed by atoms with Crippen LogP contribution in [0.25, 0.3) is 0 Å². The number of benzene rings is 2. The highest BCUT2D eigenvalue weighted by molar-refractivity contribution is 8.02. The molecule has 3 aliphatic rings. The van der Waals surface area contributed by atoms with E-state index in [1.807, 2.05) is 81.4 Å². The van der Waals surface area contributed by atoms with Crippen LogP contribution < -0.4 is 10.6 Å². The van der Waals surface area contributed by atoms with Gasteiger partial charge in [0.25, 0.3) is 0 Å². The Hall–Kier alpha value is -2.84. The van der Waals surface area contributed by atoms with Gasteiger partial charge >= 0.3 is 0 Å². The summed E-state index contributed by atoms with van der Waals surface area (Å²) in [6, 6.07) is 17.6. The molecule has 3 heterocycles. The summed E-state index contributed by atoms with van der Waals surface area (Å²) in [4.78, 5) is 43.3. The summed E-state index contributed by atoms with van der Waals surface area (Å²) in [6.45, 7) is 5.84. The van der Waals surface area contributed by atoms with Crippen molar-refractivity contribution in [3.63, 3.8) is 0 Å². The van der Waals surface area contributed by atoms with Crippen molar-refractivity contribution in [1.82, 2.24) is 15.5 Å². The number of fused-ring (bicyclic) bond motifs is 1. The summed E-state index contributed by atoms with van der Waals surface area (Å²) in [5.74, 6) is -1.71. The molecule has 6 atom stereocenters. The SMILES string of the molecule is CC(C)(C)NC(=O)C1N([C@H](CO)c2ccccc2)C(=O)[C@@H]2[C@H](C(=O)NCc3ccccc3)[C@@H]3CCC12S3. The molecule has 2 unspecified atom stereocenters. The molecule has 37 heavy (non-hydrogen) atoms. The zero-order chi connectivity index (χ0) is 26.4. The summed E-state index contributed by atoms with van der Waals surface area (Å²) in [5, 5.41) is 16.6. The number of nitrogens with one attached hydrogen (secondary N) is 2. The molecule has 5 rings (SSSR count). The quantitative estimate of drug-likeness (QED) is 0.520. The van der Waals surface area contributed by atoms with Crippen molar-refractivity contribution in [2.75, 3.05) is 6.61 Å². The normalized spacial score (nSPS) is 29.2. The van der Waals surface area contributed by atoms with Gasteiger partial charge in [0.2, 0.25) is 17.7 Å². The van der Waals surface area contributed by atoms with E-state index in [-0.39, 0.29) is 29.6 Å². The third kappa shape index (κ3) is 4.55. The van der Waals surface area contributed by atoms with Crippen molar-refractivity contribution in [2.45, 2.75) is 67.8 Å². The van der Waals surface area contributed by atoms with Crippen molar-refractivity contribution >= 4 is 29.5 Å². The van der Waals surface area contributed by atoms with Crippen LogP contribution in [0, 0.1) is 11.8 Å². The summed E-state index contributed by atoms with van der Waals surface area (Å²) in [6.07, 6.45) is 1.47. The van der Waals surface area contributed by atoms with Gasteiger partial charge in [-0.3, -0.25) is 14.4 Å². The van der Waals surface area contributed by atoms with E-state index in [1.54, 1.807) is 16.7 Å². The Morgan fingerprint density at radius 2 is 1.73 bits per heavy atom. The van der Waals surface area contributed by atoms with Gasteiger partial charge in [-0.2, -0.15) is 0 Å². The second kappa shape index (κ2) is 9.80. The van der Waals surface area contributed by atoms with E-state index in [2.05, 4.69) is 10.6 Å². The second-order valence-electron chi connectivity index (χ2n) is 11.4. The number of carbonyl (C=O) groups excluding carboxylic acids is 3. The number of carbonyl (C=O) groups is 3. The van der Waals surface area contributed by atoms with E-state index in [9.17, 15) is 19.5 Å². The largest absolute Gasteiger partial charge is 0.394 e. The summed E-state index contributed by atoms with van der Waals surface area (Å²) in [7, 11) is 0. The number of rotatable bonds is 7. The molecule has 0 saturated carbocycles. The van der Waals surface area contributed by atoms with E-state index in [4.69, 9.17) is 0 Å². The minimum atomic E-state index is -0.775. The molecule has 0 aliphatic carbocycles. The van der Waals surface area contributed by atoms with Crippen LogP contribution in [0.5, 0.6) is 0 Å². The molecule has 1 spiro atoms. The molecular weight excluding hydrogens is 486 g/mol. The van der Waals surface area contributed by atoms with Gasteiger partial charge in [-0.15, -0.1) is 11.8 Å². The zero-order valence-corrected chi connectivity index (χ0v) is 22.3. The Bertz CT molecular complexity index is 1170. The lowest BCUT2D eigenvalue weighted by atomic mass is 9.70. The van der Waals surface area contributed by atoms with E-state index in [0.29, 0.717) is 13.0 Å². The molecule has 3 fully saturated rings. The number of thioether (sulfide) groups is 1. The van der Waals surface area contributed by atoms with Gasteiger partial charge < -0.3 is 20.6 Å². The first-order chi connectivity index (χ1) is 17.7. The number of amides is 3. The van der Waals surface area contributed by atoms with Crippen molar-refractivity contribution in [2.24, 2.45) is 11.8 Å². The maximum atomic E-state index is 14.3. The lowest BCUT2D eigenvalue weighted by Crippen LogP contribution is -2.57. The fraction of sp³-hybridized carbons (Fsp3) is 0.483. The van der Waals surface area contributed by atoms with Crippen LogP contribution in [0.1, 0.15) is 50.8 Å². The number of hydrogen-bond acceptors (Lipinski definition) is 5. The van der Waals surface area contributed by atoms with E-state index in [0.717, 1.165) is 17.5 Å². The first-order valence-electron chi connectivity index (χ1n) is 13.0. The molecule has 0 aromatic heterocycles. The maximum absolute atomic E-state index is 14.3. The van der Waals surface area contributed by atoms with E-state index in [1.165, 1.54) is 0 Å². The molecule has 3 aliphatic heterocycles. The van der Waals surface area contributed by atoms with Crippen molar-refractivity contribution in [1.29, 1.82) is 0 Å². The molecule has 0 radical (unpaired) electrons. The molecule has 3 N–H and O–H groups in total. The Morgan fingerprint density at radius 1 is 1.08 bits per heavy atom. The average Bonchev–Trinajstić information content (AvgIpc) is 3.51. The summed E-state index contributed by atoms with van der Waals surface area (Å²) < 4.78 is -0.700. The number of aliphatic hydroxyl groups is 1. The van der Waals surface area contributed by atoms with Crippen LogP contribution in [0.3, 0.4) is 0 Å². The lowest BCUT2D eigenvalue weighted by molar-refractivity contribution is -0.143. The van der Waals surface area contributed by atoms with Gasteiger partial charge in [-0.25, -0.2) is 0 Å². The Morgan fingerprint density at radius 3 is 2.35 bits per heavy atom. The number of nitrogens with zero attached hydrogens (tertiary/aromatic N) is 1. The monoisotopic (exact) mass is 521 g/mol. The second-order valence-corrected chi connectivity index (χ2v) is 13.0. The van der Waals surface area contributed by atoms with Crippen LogP contribution in [0.4, 0.5) is 0 Å². The zero-order valence-electron chi connectivity index (χ0n) is 21.5. The molecule has 8 heteroatoms. The van der Waals surface area contributed by atoms with Crippen LogP contribution in [-0.4, -0.2) is 55.9 Å². The average molecular weight is 522 g/mol. The van der Waals surface area contributed by atoms with Gasteiger partial charge in [-0.05, 0) is 44.7 Å². The van der Waals surface area contributed by atoms with Gasteiger partial charge in [0.05, 0.1) is 29.2 Å².